The van der Waals surface area contributed by atoms with Crippen LogP contribution in [0.4, 0.5) is 0 Å². The molecule has 3 N–H and O–H groups in total. The van der Waals surface area contributed by atoms with Gasteiger partial charge in [-0.1, -0.05) is 6.07 Å². The molecule has 0 saturated carbocycles. The molecule has 1 unspecified atom stereocenters. The van der Waals surface area contributed by atoms with Crippen LogP contribution in [0, 0.1) is 27.7 Å². The summed E-state index contributed by atoms with van der Waals surface area (Å²) < 4.78 is 0. The van der Waals surface area contributed by atoms with E-state index in [2.05, 4.69) is 19.9 Å². The van der Waals surface area contributed by atoms with E-state index in [0.717, 1.165) is 16.7 Å². The second-order valence-electron chi connectivity index (χ2n) is 3.93. The minimum Gasteiger partial charge on any atom is -0.387 e. The van der Waals surface area contributed by atoms with Gasteiger partial charge in [-0.25, -0.2) is 0 Å². The van der Waals surface area contributed by atoms with E-state index >= 15 is 0 Å². The molecule has 1 aromatic rings. The molecule has 0 aliphatic carbocycles. The molecule has 0 aliphatic heterocycles. The van der Waals surface area contributed by atoms with Gasteiger partial charge < -0.3 is 10.8 Å². The monoisotopic (exact) mass is 193 g/mol. The zero-order valence-electron chi connectivity index (χ0n) is 9.39. The van der Waals surface area contributed by atoms with Crippen molar-refractivity contribution in [2.45, 2.75) is 33.8 Å². The van der Waals surface area contributed by atoms with Gasteiger partial charge in [0.15, 0.2) is 0 Å². The zero-order chi connectivity index (χ0) is 10.9. The number of aliphatic hydroxyl groups excluding tert-OH is 1. The number of aryl methyl sites for hydroxylation is 2. The van der Waals surface area contributed by atoms with Crippen LogP contribution in [0.3, 0.4) is 0 Å². The molecule has 0 aromatic heterocycles. The molecule has 14 heavy (non-hydrogen) atoms. The minimum atomic E-state index is -0.534. The Morgan fingerprint density at radius 1 is 1.14 bits per heavy atom. The van der Waals surface area contributed by atoms with Gasteiger partial charge in [0.25, 0.3) is 0 Å². The van der Waals surface area contributed by atoms with Crippen molar-refractivity contribution in [1.29, 1.82) is 0 Å². The molecule has 1 aromatic carbocycles. The van der Waals surface area contributed by atoms with E-state index in [0.29, 0.717) is 0 Å². The van der Waals surface area contributed by atoms with Crippen LogP contribution in [0.5, 0.6) is 0 Å². The first-order valence-electron chi connectivity index (χ1n) is 4.94. The molecule has 1 rings (SSSR count). The lowest BCUT2D eigenvalue weighted by molar-refractivity contribution is 0.185. The van der Waals surface area contributed by atoms with Crippen LogP contribution in [-0.4, -0.2) is 11.7 Å². The van der Waals surface area contributed by atoms with Crippen molar-refractivity contribution < 1.29 is 5.11 Å². The zero-order valence-corrected chi connectivity index (χ0v) is 9.39. The number of hydrogen-bond acceptors (Lipinski definition) is 2. The highest BCUT2D eigenvalue weighted by molar-refractivity contribution is 5.45. The van der Waals surface area contributed by atoms with E-state index in [4.69, 9.17) is 5.73 Å². The van der Waals surface area contributed by atoms with E-state index in [1.54, 1.807) is 0 Å². The van der Waals surface area contributed by atoms with Crippen LogP contribution in [0.2, 0.25) is 0 Å². The first-order valence-corrected chi connectivity index (χ1v) is 4.94. The Kier molecular flexibility index (Phi) is 3.29. The standard InChI is InChI=1S/C12H19NO/c1-7-5-8(2)10(4)12(9(7)3)11(14)6-13/h5,11,14H,6,13H2,1-4H3. The smallest absolute Gasteiger partial charge is 0.0917 e. The largest absolute Gasteiger partial charge is 0.387 e. The van der Waals surface area contributed by atoms with Gasteiger partial charge in [0, 0.05) is 6.54 Å². The molecule has 0 heterocycles. The number of nitrogens with two attached hydrogens (primary N) is 1. The lowest BCUT2D eigenvalue weighted by atomic mass is 9.91. The van der Waals surface area contributed by atoms with Gasteiger partial charge in [-0.2, -0.15) is 0 Å². The van der Waals surface area contributed by atoms with Crippen LogP contribution in [0.25, 0.3) is 0 Å². The summed E-state index contributed by atoms with van der Waals surface area (Å²) in [7, 11) is 0. The van der Waals surface area contributed by atoms with Gasteiger partial charge in [-0.05, 0) is 55.5 Å². The first-order chi connectivity index (χ1) is 6.49. The average Bonchev–Trinajstić information content (AvgIpc) is 2.15. The molecule has 0 aliphatic rings. The third-order valence-corrected chi connectivity index (χ3v) is 2.98. The summed E-state index contributed by atoms with van der Waals surface area (Å²) in [5.41, 5.74) is 11.2. The molecule has 0 bridgehead atoms. The van der Waals surface area contributed by atoms with E-state index in [9.17, 15) is 5.11 Å². The summed E-state index contributed by atoms with van der Waals surface area (Å²) in [4.78, 5) is 0. The third-order valence-electron chi connectivity index (χ3n) is 2.98. The lowest BCUT2D eigenvalue weighted by Crippen LogP contribution is -2.15. The predicted octanol–water partition coefficient (Wildman–Crippen LogP) is 1.91. The van der Waals surface area contributed by atoms with Gasteiger partial charge in [-0.3, -0.25) is 0 Å². The van der Waals surface area contributed by atoms with Crippen molar-refractivity contribution in [3.05, 3.63) is 33.9 Å². The summed E-state index contributed by atoms with van der Waals surface area (Å²) in [6.07, 6.45) is -0.534. The summed E-state index contributed by atoms with van der Waals surface area (Å²) in [6, 6.07) is 2.15. The quantitative estimate of drug-likeness (QED) is 0.753. The molecule has 0 fully saturated rings. The molecule has 0 saturated heterocycles. The highest BCUT2D eigenvalue weighted by Crippen LogP contribution is 2.26. The Morgan fingerprint density at radius 3 is 1.93 bits per heavy atom. The molecule has 0 amide bonds. The van der Waals surface area contributed by atoms with E-state index in [1.807, 2.05) is 13.8 Å². The van der Waals surface area contributed by atoms with Crippen molar-refractivity contribution in [3.8, 4) is 0 Å². The van der Waals surface area contributed by atoms with Gasteiger partial charge in [-0.15, -0.1) is 0 Å². The topological polar surface area (TPSA) is 46.2 Å². The average molecular weight is 193 g/mol. The Morgan fingerprint density at radius 2 is 1.57 bits per heavy atom. The number of aliphatic hydroxyl groups is 1. The summed E-state index contributed by atoms with van der Waals surface area (Å²) in [6.45, 7) is 8.49. The van der Waals surface area contributed by atoms with Gasteiger partial charge in [0.2, 0.25) is 0 Å². The molecule has 1 atom stereocenters. The van der Waals surface area contributed by atoms with Gasteiger partial charge in [0.1, 0.15) is 0 Å². The van der Waals surface area contributed by atoms with Crippen LogP contribution < -0.4 is 5.73 Å². The summed E-state index contributed by atoms with van der Waals surface area (Å²) >= 11 is 0. The van der Waals surface area contributed by atoms with E-state index < -0.39 is 6.10 Å². The van der Waals surface area contributed by atoms with Crippen LogP contribution in [0.1, 0.15) is 33.9 Å². The van der Waals surface area contributed by atoms with Crippen molar-refractivity contribution in [2.24, 2.45) is 5.73 Å². The fourth-order valence-electron chi connectivity index (χ4n) is 1.87. The SMILES string of the molecule is Cc1cc(C)c(C)c(C(O)CN)c1C. The third kappa shape index (κ3) is 1.81. The fraction of sp³-hybridized carbons (Fsp3) is 0.500. The van der Waals surface area contributed by atoms with Crippen molar-refractivity contribution in [1.82, 2.24) is 0 Å². The van der Waals surface area contributed by atoms with Crippen molar-refractivity contribution >= 4 is 0 Å². The molecule has 2 nitrogen and oxygen atoms in total. The van der Waals surface area contributed by atoms with Crippen molar-refractivity contribution in [2.75, 3.05) is 6.54 Å². The molecule has 78 valence electrons. The fourth-order valence-corrected chi connectivity index (χ4v) is 1.87. The highest BCUT2D eigenvalue weighted by atomic mass is 16.3. The van der Waals surface area contributed by atoms with Crippen LogP contribution >= 0.6 is 0 Å². The Bertz CT molecular complexity index is 318. The van der Waals surface area contributed by atoms with Gasteiger partial charge in [0.05, 0.1) is 6.10 Å². The van der Waals surface area contributed by atoms with Gasteiger partial charge >= 0.3 is 0 Å². The maximum absolute atomic E-state index is 9.81. The number of hydrogen-bond donors (Lipinski definition) is 2. The number of rotatable bonds is 2. The second-order valence-corrected chi connectivity index (χ2v) is 3.93. The van der Waals surface area contributed by atoms with Crippen LogP contribution in [0.15, 0.2) is 6.07 Å². The highest BCUT2D eigenvalue weighted by Gasteiger charge is 2.14. The maximum Gasteiger partial charge on any atom is 0.0917 e. The Balaban J connectivity index is 3.39. The minimum absolute atomic E-state index is 0.282. The normalized spacial score (nSPS) is 13.0. The van der Waals surface area contributed by atoms with Crippen LogP contribution in [-0.2, 0) is 0 Å². The maximum atomic E-state index is 9.81. The Labute approximate surface area is 85.8 Å². The van der Waals surface area contributed by atoms with Crippen molar-refractivity contribution in [3.63, 3.8) is 0 Å². The first kappa shape index (κ1) is 11.2. The molecular formula is C12H19NO. The number of benzene rings is 1. The Hall–Kier alpha value is -0.860. The molecule has 2 heteroatoms. The molecule has 0 spiro atoms. The summed E-state index contributed by atoms with van der Waals surface area (Å²) in [5, 5.41) is 9.81. The summed E-state index contributed by atoms with van der Waals surface area (Å²) in [5.74, 6) is 0. The predicted molar refractivity (Wildman–Crippen MR) is 59.4 cm³/mol. The lowest BCUT2D eigenvalue weighted by Gasteiger charge is -2.18. The molecule has 0 radical (unpaired) electrons. The second kappa shape index (κ2) is 4.11. The molecular weight excluding hydrogens is 174 g/mol. The van der Waals surface area contributed by atoms with E-state index in [1.165, 1.54) is 11.1 Å². The van der Waals surface area contributed by atoms with E-state index in [-0.39, 0.29) is 6.54 Å².